The third kappa shape index (κ3) is 4.43. The van der Waals surface area contributed by atoms with Crippen LogP contribution in [0.2, 0.25) is 5.02 Å². The van der Waals surface area contributed by atoms with Crippen LogP contribution in [-0.2, 0) is 6.54 Å². The van der Waals surface area contributed by atoms with E-state index in [0.717, 1.165) is 22.0 Å². The first-order chi connectivity index (χ1) is 13.4. The highest BCUT2D eigenvalue weighted by atomic mass is 35.5. The maximum absolute atomic E-state index is 13.0. The number of aryl methyl sites for hydroxylation is 2. The number of H-pyrrole nitrogens is 1. The summed E-state index contributed by atoms with van der Waals surface area (Å²) in [6.07, 6.45) is 0.427. The average molecular weight is 399 g/mol. The predicted molar refractivity (Wildman–Crippen MR) is 112 cm³/mol. The summed E-state index contributed by atoms with van der Waals surface area (Å²) < 4.78 is 0. The molecule has 146 valence electrons. The zero-order valence-corrected chi connectivity index (χ0v) is 16.7. The number of hydrogen-bond donors (Lipinski definition) is 2. The molecule has 0 spiro atoms. The van der Waals surface area contributed by atoms with E-state index in [1.807, 2.05) is 32.0 Å². The number of benzene rings is 2. The van der Waals surface area contributed by atoms with E-state index in [-0.39, 0.29) is 24.6 Å². The van der Waals surface area contributed by atoms with E-state index in [9.17, 15) is 14.7 Å². The van der Waals surface area contributed by atoms with Crippen molar-refractivity contribution in [3.05, 3.63) is 80.1 Å². The van der Waals surface area contributed by atoms with Gasteiger partial charge in [-0.1, -0.05) is 29.3 Å². The van der Waals surface area contributed by atoms with E-state index in [0.29, 0.717) is 29.1 Å². The molecule has 2 N–H and O–H groups in total. The Kier molecular flexibility index (Phi) is 6.17. The summed E-state index contributed by atoms with van der Waals surface area (Å²) in [5.41, 5.74) is 3.66. The van der Waals surface area contributed by atoms with Crippen LogP contribution in [0.5, 0.6) is 0 Å². The molecule has 6 heteroatoms. The lowest BCUT2D eigenvalue weighted by molar-refractivity contribution is 0.0731. The van der Waals surface area contributed by atoms with Crippen LogP contribution >= 0.6 is 11.6 Å². The topological polar surface area (TPSA) is 73.4 Å². The minimum atomic E-state index is -0.226. The highest BCUT2D eigenvalue weighted by molar-refractivity contribution is 6.30. The van der Waals surface area contributed by atoms with Crippen LogP contribution in [0.25, 0.3) is 10.9 Å². The number of fused-ring (bicyclic) bond motifs is 1. The number of carbonyl (C=O) groups excluding carboxylic acids is 1. The van der Waals surface area contributed by atoms with Gasteiger partial charge in [-0.2, -0.15) is 0 Å². The molecule has 5 nitrogen and oxygen atoms in total. The molecule has 0 radical (unpaired) electrons. The second kappa shape index (κ2) is 8.59. The van der Waals surface area contributed by atoms with Crippen molar-refractivity contribution >= 4 is 28.4 Å². The summed E-state index contributed by atoms with van der Waals surface area (Å²) in [5.74, 6) is -0.226. The molecule has 0 aliphatic carbocycles. The van der Waals surface area contributed by atoms with Gasteiger partial charge < -0.3 is 15.0 Å². The van der Waals surface area contributed by atoms with Gasteiger partial charge >= 0.3 is 0 Å². The molecule has 3 aromatic rings. The SMILES string of the molecule is Cc1cc(C)c2[nH]c(=O)c(CN(CCCO)C(=O)c3cccc(Cl)c3)cc2c1. The van der Waals surface area contributed by atoms with Gasteiger partial charge in [0.05, 0.1) is 12.1 Å². The molecule has 0 saturated heterocycles. The second-order valence-electron chi connectivity index (χ2n) is 6.98. The van der Waals surface area contributed by atoms with Gasteiger partial charge in [0, 0.05) is 29.3 Å². The average Bonchev–Trinajstić information content (AvgIpc) is 2.65. The Morgan fingerprint density at radius 1 is 1.18 bits per heavy atom. The van der Waals surface area contributed by atoms with Gasteiger partial charge in [0.2, 0.25) is 0 Å². The molecule has 0 bridgehead atoms. The van der Waals surface area contributed by atoms with Crippen LogP contribution in [-0.4, -0.2) is 34.0 Å². The number of nitrogens with one attached hydrogen (secondary N) is 1. The molecular weight excluding hydrogens is 376 g/mol. The van der Waals surface area contributed by atoms with Gasteiger partial charge in [-0.3, -0.25) is 9.59 Å². The van der Waals surface area contributed by atoms with Crippen LogP contribution in [0.15, 0.2) is 47.3 Å². The Hall–Kier alpha value is -2.63. The molecule has 2 aromatic carbocycles. The number of aromatic nitrogens is 1. The fraction of sp³-hybridized carbons (Fsp3) is 0.273. The van der Waals surface area contributed by atoms with Gasteiger partial charge in [-0.15, -0.1) is 0 Å². The van der Waals surface area contributed by atoms with Gasteiger partial charge in [0.15, 0.2) is 0 Å². The largest absolute Gasteiger partial charge is 0.396 e. The van der Waals surface area contributed by atoms with Crippen molar-refractivity contribution in [3.8, 4) is 0 Å². The van der Waals surface area contributed by atoms with Crippen LogP contribution in [0.4, 0.5) is 0 Å². The summed E-state index contributed by atoms with van der Waals surface area (Å²) in [6, 6.07) is 12.6. The van der Waals surface area contributed by atoms with Crippen LogP contribution in [0, 0.1) is 13.8 Å². The third-order valence-electron chi connectivity index (χ3n) is 4.68. The molecule has 0 aliphatic rings. The zero-order chi connectivity index (χ0) is 20.3. The smallest absolute Gasteiger partial charge is 0.254 e. The summed E-state index contributed by atoms with van der Waals surface area (Å²) in [6.45, 7) is 4.43. The van der Waals surface area contributed by atoms with Crippen molar-refractivity contribution in [2.45, 2.75) is 26.8 Å². The summed E-state index contributed by atoms with van der Waals surface area (Å²) in [7, 11) is 0. The van der Waals surface area contributed by atoms with E-state index in [1.165, 1.54) is 0 Å². The number of carbonyl (C=O) groups is 1. The van der Waals surface area contributed by atoms with Gasteiger partial charge in [-0.05, 0) is 61.5 Å². The van der Waals surface area contributed by atoms with Gasteiger partial charge in [0.1, 0.15) is 0 Å². The normalized spacial score (nSPS) is 11.0. The number of nitrogens with zero attached hydrogens (tertiary/aromatic N) is 1. The number of aliphatic hydroxyl groups is 1. The van der Waals surface area contributed by atoms with Crippen molar-refractivity contribution in [2.24, 2.45) is 0 Å². The number of rotatable bonds is 6. The van der Waals surface area contributed by atoms with Crippen LogP contribution in [0.1, 0.15) is 33.5 Å². The van der Waals surface area contributed by atoms with E-state index in [2.05, 4.69) is 4.98 Å². The number of aromatic amines is 1. The van der Waals surface area contributed by atoms with Gasteiger partial charge in [-0.25, -0.2) is 0 Å². The molecular formula is C22H23ClN2O3. The third-order valence-corrected chi connectivity index (χ3v) is 4.91. The Balaban J connectivity index is 1.97. The lowest BCUT2D eigenvalue weighted by Crippen LogP contribution is -2.34. The Morgan fingerprint density at radius 2 is 1.96 bits per heavy atom. The highest BCUT2D eigenvalue weighted by Crippen LogP contribution is 2.19. The Labute approximate surface area is 168 Å². The molecule has 1 heterocycles. The minimum absolute atomic E-state index is 0.0359. The first kappa shape index (κ1) is 20.1. The molecule has 0 aliphatic heterocycles. The van der Waals surface area contributed by atoms with Crippen molar-refractivity contribution in [2.75, 3.05) is 13.2 Å². The minimum Gasteiger partial charge on any atom is -0.396 e. The number of aliphatic hydroxyl groups excluding tert-OH is 1. The molecule has 3 rings (SSSR count). The van der Waals surface area contributed by atoms with E-state index in [4.69, 9.17) is 11.6 Å². The first-order valence-corrected chi connectivity index (χ1v) is 9.55. The van der Waals surface area contributed by atoms with Crippen LogP contribution in [0.3, 0.4) is 0 Å². The quantitative estimate of drug-likeness (QED) is 0.662. The Bertz CT molecular complexity index is 1080. The van der Waals surface area contributed by atoms with E-state index >= 15 is 0 Å². The van der Waals surface area contributed by atoms with E-state index in [1.54, 1.807) is 29.2 Å². The summed E-state index contributed by atoms with van der Waals surface area (Å²) in [5, 5.41) is 10.6. The lowest BCUT2D eigenvalue weighted by atomic mass is 10.0. The zero-order valence-electron chi connectivity index (χ0n) is 16.0. The first-order valence-electron chi connectivity index (χ1n) is 9.18. The maximum atomic E-state index is 13.0. The molecule has 0 atom stereocenters. The van der Waals surface area contributed by atoms with Crippen molar-refractivity contribution in [1.29, 1.82) is 0 Å². The number of hydrogen-bond acceptors (Lipinski definition) is 3. The van der Waals surface area contributed by atoms with Gasteiger partial charge in [0.25, 0.3) is 11.5 Å². The number of amides is 1. The van der Waals surface area contributed by atoms with E-state index < -0.39 is 0 Å². The monoisotopic (exact) mass is 398 g/mol. The Morgan fingerprint density at radius 3 is 2.68 bits per heavy atom. The molecule has 0 saturated carbocycles. The number of pyridine rings is 1. The van der Waals surface area contributed by atoms with Crippen molar-refractivity contribution < 1.29 is 9.90 Å². The molecule has 28 heavy (non-hydrogen) atoms. The number of halogens is 1. The lowest BCUT2D eigenvalue weighted by Gasteiger charge is -2.22. The highest BCUT2D eigenvalue weighted by Gasteiger charge is 2.18. The molecule has 0 unspecified atom stereocenters. The predicted octanol–water partition coefficient (Wildman–Crippen LogP) is 3.82. The second-order valence-corrected chi connectivity index (χ2v) is 7.42. The van der Waals surface area contributed by atoms with Crippen molar-refractivity contribution in [1.82, 2.24) is 9.88 Å². The standard InChI is InChI=1S/C22H23ClN2O3/c1-14-9-15(2)20-17(10-14)11-18(21(27)24-20)13-25(7-4-8-26)22(28)16-5-3-6-19(23)12-16/h3,5-6,9-12,26H,4,7-8,13H2,1-2H3,(H,24,27). The van der Waals surface area contributed by atoms with Crippen LogP contribution < -0.4 is 5.56 Å². The van der Waals surface area contributed by atoms with Crippen molar-refractivity contribution in [3.63, 3.8) is 0 Å². The summed E-state index contributed by atoms with van der Waals surface area (Å²) in [4.78, 5) is 30.1. The maximum Gasteiger partial charge on any atom is 0.254 e. The molecule has 1 aromatic heterocycles. The fourth-order valence-electron chi connectivity index (χ4n) is 3.37. The summed E-state index contributed by atoms with van der Waals surface area (Å²) >= 11 is 6.01. The molecule has 1 amide bonds. The fourth-order valence-corrected chi connectivity index (χ4v) is 3.56. The molecule has 0 fully saturated rings.